The highest BCUT2D eigenvalue weighted by atomic mass is 16.5. The van der Waals surface area contributed by atoms with Crippen molar-refractivity contribution in [2.75, 3.05) is 7.11 Å². The predicted octanol–water partition coefficient (Wildman–Crippen LogP) is 3.73. The molecule has 0 aliphatic carbocycles. The Hall–Kier alpha value is -2.40. The summed E-state index contributed by atoms with van der Waals surface area (Å²) >= 11 is 0. The summed E-state index contributed by atoms with van der Waals surface area (Å²) in [6.45, 7) is 3.83. The smallest absolute Gasteiger partial charge is 0.227 e. The van der Waals surface area contributed by atoms with Gasteiger partial charge in [-0.05, 0) is 38.0 Å². The number of H-pyrrole nitrogens is 1. The first kappa shape index (κ1) is 15.5. The summed E-state index contributed by atoms with van der Waals surface area (Å²) in [4.78, 5) is 7.85. The van der Waals surface area contributed by atoms with Crippen LogP contribution in [0.5, 0.6) is 0 Å². The molecule has 2 heterocycles. The molecule has 0 amide bonds. The van der Waals surface area contributed by atoms with Gasteiger partial charge in [-0.3, -0.25) is 0 Å². The summed E-state index contributed by atoms with van der Waals surface area (Å²) in [6.07, 6.45) is 1.52. The minimum Gasteiger partial charge on any atom is -0.371 e. The van der Waals surface area contributed by atoms with Crippen LogP contribution in [0.4, 0.5) is 0 Å². The van der Waals surface area contributed by atoms with Crippen molar-refractivity contribution in [3.05, 3.63) is 59.9 Å². The maximum absolute atomic E-state index is 5.36. The van der Waals surface area contributed by atoms with Crippen molar-refractivity contribution in [2.45, 2.75) is 32.3 Å². The third-order valence-electron chi connectivity index (χ3n) is 3.96. The molecule has 0 radical (unpaired) electrons. The highest BCUT2D eigenvalue weighted by Crippen LogP contribution is 2.21. The Balaban J connectivity index is 1.64. The number of aromatic amines is 1. The normalized spacial score (nSPS) is 11.8. The first-order valence-electron chi connectivity index (χ1n) is 7.70. The van der Waals surface area contributed by atoms with Crippen LogP contribution in [0.1, 0.15) is 31.3 Å². The van der Waals surface area contributed by atoms with Gasteiger partial charge in [0.25, 0.3) is 0 Å². The van der Waals surface area contributed by atoms with E-state index in [1.807, 2.05) is 32.0 Å². The van der Waals surface area contributed by atoms with Gasteiger partial charge in [-0.1, -0.05) is 35.5 Å². The average Bonchev–Trinajstić information content (AvgIpc) is 3.23. The highest BCUT2D eigenvalue weighted by Gasteiger charge is 2.26. The Morgan fingerprint density at radius 1 is 1.09 bits per heavy atom. The second-order valence-corrected chi connectivity index (χ2v) is 5.99. The van der Waals surface area contributed by atoms with Crippen molar-refractivity contribution in [3.63, 3.8) is 0 Å². The maximum Gasteiger partial charge on any atom is 0.227 e. The molecule has 0 saturated carbocycles. The van der Waals surface area contributed by atoms with E-state index in [9.17, 15) is 0 Å². The first-order valence-corrected chi connectivity index (χ1v) is 7.70. The maximum atomic E-state index is 5.36. The fraction of sp³-hybridized carbons (Fsp3) is 0.333. The summed E-state index contributed by atoms with van der Waals surface area (Å²) in [5, 5.41) is 4.00. The zero-order chi connectivity index (χ0) is 16.3. The van der Waals surface area contributed by atoms with Gasteiger partial charge in [0.1, 0.15) is 5.60 Å². The van der Waals surface area contributed by atoms with Gasteiger partial charge < -0.3 is 14.2 Å². The molecule has 1 N–H and O–H groups in total. The monoisotopic (exact) mass is 311 g/mol. The number of benzene rings is 1. The molecule has 0 atom stereocenters. The quantitative estimate of drug-likeness (QED) is 0.753. The van der Waals surface area contributed by atoms with Crippen LogP contribution in [-0.2, 0) is 23.2 Å². The third kappa shape index (κ3) is 3.51. The Labute approximate surface area is 135 Å². The van der Waals surface area contributed by atoms with Gasteiger partial charge in [-0.2, -0.15) is 4.98 Å². The molecule has 120 valence electrons. The summed E-state index contributed by atoms with van der Waals surface area (Å²) in [6, 6.07) is 14.5. The number of hydrogen-bond acceptors (Lipinski definition) is 4. The summed E-state index contributed by atoms with van der Waals surface area (Å²) in [5.41, 5.74) is 2.91. The molecule has 5 heteroatoms. The predicted molar refractivity (Wildman–Crippen MR) is 88.0 cm³/mol. The van der Waals surface area contributed by atoms with Crippen LogP contribution in [0.3, 0.4) is 0 Å². The number of nitrogens with zero attached hydrogens (tertiary/aromatic N) is 2. The molecule has 3 aromatic rings. The lowest BCUT2D eigenvalue weighted by Crippen LogP contribution is -2.21. The minimum atomic E-state index is -0.533. The van der Waals surface area contributed by atoms with E-state index < -0.39 is 5.60 Å². The van der Waals surface area contributed by atoms with Gasteiger partial charge in [0, 0.05) is 24.9 Å². The first-order chi connectivity index (χ1) is 11.1. The van der Waals surface area contributed by atoms with Gasteiger partial charge in [-0.15, -0.1) is 0 Å². The summed E-state index contributed by atoms with van der Waals surface area (Å²) in [7, 11) is 1.64. The second-order valence-electron chi connectivity index (χ2n) is 5.99. The number of aryl methyl sites for hydroxylation is 2. The van der Waals surface area contributed by atoms with Crippen LogP contribution < -0.4 is 0 Å². The molecular formula is C18H21N3O2. The van der Waals surface area contributed by atoms with E-state index in [0.717, 1.165) is 17.8 Å². The number of nitrogens with one attached hydrogen (secondary N) is 1. The molecule has 0 unspecified atom stereocenters. The van der Waals surface area contributed by atoms with E-state index in [1.54, 1.807) is 7.11 Å². The van der Waals surface area contributed by atoms with Crippen molar-refractivity contribution in [1.29, 1.82) is 0 Å². The molecular weight excluding hydrogens is 290 g/mol. The van der Waals surface area contributed by atoms with E-state index in [4.69, 9.17) is 9.26 Å². The van der Waals surface area contributed by atoms with Crippen LogP contribution in [0.25, 0.3) is 11.3 Å². The van der Waals surface area contributed by atoms with Gasteiger partial charge in [0.05, 0.1) is 0 Å². The van der Waals surface area contributed by atoms with Gasteiger partial charge in [-0.25, -0.2) is 0 Å². The lowest BCUT2D eigenvalue weighted by Gasteiger charge is -2.17. The fourth-order valence-electron chi connectivity index (χ4n) is 2.31. The topological polar surface area (TPSA) is 63.9 Å². The Morgan fingerprint density at radius 3 is 2.61 bits per heavy atom. The highest BCUT2D eigenvalue weighted by molar-refractivity contribution is 5.59. The van der Waals surface area contributed by atoms with Crippen LogP contribution >= 0.6 is 0 Å². The fourth-order valence-corrected chi connectivity index (χ4v) is 2.31. The second kappa shape index (κ2) is 6.38. The summed E-state index contributed by atoms with van der Waals surface area (Å²) < 4.78 is 10.7. The van der Waals surface area contributed by atoms with Crippen molar-refractivity contribution in [3.8, 4) is 11.3 Å². The Bertz CT molecular complexity index is 759. The molecule has 2 aromatic heterocycles. The van der Waals surface area contributed by atoms with Crippen molar-refractivity contribution < 1.29 is 9.26 Å². The van der Waals surface area contributed by atoms with Crippen molar-refractivity contribution >= 4 is 0 Å². The summed E-state index contributed by atoms with van der Waals surface area (Å²) in [5.74, 6) is 1.20. The number of methoxy groups -OCH3 is 1. The number of ether oxygens (including phenoxy) is 1. The van der Waals surface area contributed by atoms with Crippen molar-refractivity contribution in [1.82, 2.24) is 15.1 Å². The molecule has 0 aliphatic rings. The third-order valence-corrected chi connectivity index (χ3v) is 3.96. The largest absolute Gasteiger partial charge is 0.371 e. The van der Waals surface area contributed by atoms with Crippen LogP contribution in [0.15, 0.2) is 47.0 Å². The molecule has 0 spiro atoms. The standard InChI is InChI=1S/C18H21N3O2/c1-18(2,22-3)17-20-16(23-21-17)12-10-14-9-11-15(19-14)13-7-5-4-6-8-13/h4-9,11,19H,10,12H2,1-3H3. The molecule has 0 saturated heterocycles. The lowest BCUT2D eigenvalue weighted by atomic mass is 10.1. The molecule has 0 bridgehead atoms. The van der Waals surface area contributed by atoms with Crippen LogP contribution in [0, 0.1) is 0 Å². The Kier molecular flexibility index (Phi) is 4.30. The lowest BCUT2D eigenvalue weighted by molar-refractivity contribution is 0.00973. The number of hydrogen-bond donors (Lipinski definition) is 1. The minimum absolute atomic E-state index is 0.533. The van der Waals surface area contributed by atoms with E-state index in [-0.39, 0.29) is 0 Å². The molecule has 0 fully saturated rings. The number of aromatic nitrogens is 3. The van der Waals surface area contributed by atoms with E-state index in [0.29, 0.717) is 18.1 Å². The zero-order valence-electron chi connectivity index (χ0n) is 13.7. The molecule has 1 aromatic carbocycles. The average molecular weight is 311 g/mol. The molecule has 23 heavy (non-hydrogen) atoms. The molecule has 3 rings (SSSR count). The van der Waals surface area contributed by atoms with Crippen LogP contribution in [0.2, 0.25) is 0 Å². The van der Waals surface area contributed by atoms with Crippen molar-refractivity contribution in [2.24, 2.45) is 0 Å². The van der Waals surface area contributed by atoms with E-state index >= 15 is 0 Å². The SMILES string of the molecule is COC(C)(C)c1noc(CCc2ccc(-c3ccccc3)[nH]2)n1. The van der Waals surface area contributed by atoms with Gasteiger partial charge in [0.15, 0.2) is 0 Å². The van der Waals surface area contributed by atoms with Crippen LogP contribution in [-0.4, -0.2) is 22.2 Å². The van der Waals surface area contributed by atoms with E-state index in [2.05, 4.69) is 39.4 Å². The Morgan fingerprint density at radius 2 is 1.87 bits per heavy atom. The molecule has 0 aliphatic heterocycles. The molecule has 5 nitrogen and oxygen atoms in total. The van der Waals surface area contributed by atoms with Gasteiger partial charge in [0.2, 0.25) is 11.7 Å². The zero-order valence-corrected chi connectivity index (χ0v) is 13.7. The van der Waals surface area contributed by atoms with Gasteiger partial charge >= 0.3 is 0 Å². The number of rotatable bonds is 6. The van der Waals surface area contributed by atoms with E-state index in [1.165, 1.54) is 5.56 Å².